The maximum Gasteiger partial charge on any atom is 0.271 e. The second kappa shape index (κ2) is 4.17. The van der Waals surface area contributed by atoms with E-state index in [2.05, 4.69) is 0 Å². The number of hydrazine groups is 1. The number of halogens is 2. The third-order valence-electron chi connectivity index (χ3n) is 2.10. The number of carbonyl (C=O) groups is 1. The first-order valence-electron chi connectivity index (χ1n) is 4.78. The van der Waals surface area contributed by atoms with Gasteiger partial charge in [0.25, 0.3) is 5.91 Å². The van der Waals surface area contributed by atoms with Crippen LogP contribution in [0, 0.1) is 11.6 Å². The first kappa shape index (κ1) is 12.6. The third-order valence-corrected chi connectivity index (χ3v) is 2.10. The van der Waals surface area contributed by atoms with Gasteiger partial charge >= 0.3 is 0 Å². The molecule has 5 heteroatoms. The Hall–Kier alpha value is -1.49. The van der Waals surface area contributed by atoms with Crippen molar-refractivity contribution < 1.29 is 13.6 Å². The smallest absolute Gasteiger partial charge is 0.271 e. The zero-order valence-corrected chi connectivity index (χ0v) is 9.42. The molecule has 0 saturated heterocycles. The van der Waals surface area contributed by atoms with Gasteiger partial charge in [0.2, 0.25) is 0 Å². The van der Waals surface area contributed by atoms with E-state index < -0.39 is 23.1 Å². The Morgan fingerprint density at radius 1 is 1.31 bits per heavy atom. The zero-order chi connectivity index (χ0) is 12.5. The van der Waals surface area contributed by atoms with Crippen LogP contribution in [0.1, 0.15) is 31.1 Å². The summed E-state index contributed by atoms with van der Waals surface area (Å²) >= 11 is 0. The average molecular weight is 228 g/mol. The van der Waals surface area contributed by atoms with E-state index in [1.807, 2.05) is 0 Å². The molecule has 0 unspecified atom stereocenters. The summed E-state index contributed by atoms with van der Waals surface area (Å²) in [6, 6.07) is 2.69. The van der Waals surface area contributed by atoms with Crippen molar-refractivity contribution >= 4 is 5.91 Å². The van der Waals surface area contributed by atoms with E-state index in [4.69, 9.17) is 5.84 Å². The Kier molecular flexibility index (Phi) is 3.28. The highest BCUT2D eigenvalue weighted by Crippen LogP contribution is 2.16. The van der Waals surface area contributed by atoms with Gasteiger partial charge in [-0.25, -0.2) is 14.6 Å². The summed E-state index contributed by atoms with van der Waals surface area (Å²) in [6.07, 6.45) is 0. The number of nitrogens with two attached hydrogens (primary N) is 1. The van der Waals surface area contributed by atoms with Gasteiger partial charge in [-0.2, -0.15) is 0 Å². The van der Waals surface area contributed by atoms with Crippen molar-refractivity contribution in [2.24, 2.45) is 5.84 Å². The summed E-state index contributed by atoms with van der Waals surface area (Å²) < 4.78 is 26.2. The summed E-state index contributed by atoms with van der Waals surface area (Å²) in [5.41, 5.74) is -1.02. The molecule has 0 aliphatic carbocycles. The number of amides is 1. The number of hydrogen-bond acceptors (Lipinski definition) is 2. The molecule has 0 radical (unpaired) electrons. The first-order chi connectivity index (χ1) is 7.23. The van der Waals surface area contributed by atoms with Gasteiger partial charge in [0.05, 0.1) is 11.1 Å². The summed E-state index contributed by atoms with van der Waals surface area (Å²) in [6.45, 7) is 5.09. The van der Waals surface area contributed by atoms with Crippen LogP contribution < -0.4 is 5.84 Å². The molecule has 0 aliphatic heterocycles. The van der Waals surface area contributed by atoms with Crippen LogP contribution in [0.2, 0.25) is 0 Å². The number of benzene rings is 1. The normalized spacial score (nSPS) is 11.4. The highest BCUT2D eigenvalue weighted by molar-refractivity contribution is 5.94. The maximum atomic E-state index is 13.3. The molecule has 0 bridgehead atoms. The second-order valence-electron chi connectivity index (χ2n) is 4.47. The largest absolute Gasteiger partial charge is 0.271 e. The predicted octanol–water partition coefficient (Wildman–Crippen LogP) is 2.08. The van der Waals surface area contributed by atoms with Gasteiger partial charge in [-0.05, 0) is 39.0 Å². The van der Waals surface area contributed by atoms with Crippen LogP contribution in [-0.2, 0) is 0 Å². The van der Waals surface area contributed by atoms with Gasteiger partial charge in [-0.3, -0.25) is 9.80 Å². The Morgan fingerprint density at radius 3 is 2.38 bits per heavy atom. The summed E-state index contributed by atoms with van der Waals surface area (Å²) in [5, 5.41) is 0.880. The Bertz CT molecular complexity index is 413. The topological polar surface area (TPSA) is 46.3 Å². The standard InChI is InChI=1S/C11H14F2N2O/c1-11(2,3)15(14)10(16)8-6-7(12)4-5-9(8)13/h4-6H,14H2,1-3H3. The number of hydrogen-bond donors (Lipinski definition) is 1. The van der Waals surface area contributed by atoms with Crippen LogP contribution in [-0.4, -0.2) is 16.5 Å². The molecule has 0 atom stereocenters. The van der Waals surface area contributed by atoms with Crippen LogP contribution in [0.5, 0.6) is 0 Å². The Balaban J connectivity index is 3.10. The maximum absolute atomic E-state index is 13.3. The van der Waals surface area contributed by atoms with E-state index in [1.165, 1.54) is 0 Å². The second-order valence-corrected chi connectivity index (χ2v) is 4.47. The van der Waals surface area contributed by atoms with Crippen molar-refractivity contribution in [3.63, 3.8) is 0 Å². The van der Waals surface area contributed by atoms with Crippen LogP contribution in [0.25, 0.3) is 0 Å². The van der Waals surface area contributed by atoms with Gasteiger partial charge in [0.1, 0.15) is 11.6 Å². The number of rotatable bonds is 1. The van der Waals surface area contributed by atoms with E-state index in [0.717, 1.165) is 23.2 Å². The lowest BCUT2D eigenvalue weighted by molar-refractivity contribution is 0.0576. The summed E-state index contributed by atoms with van der Waals surface area (Å²) in [7, 11) is 0. The lowest BCUT2D eigenvalue weighted by Gasteiger charge is -2.31. The highest BCUT2D eigenvalue weighted by atomic mass is 19.1. The molecule has 1 amide bonds. The van der Waals surface area contributed by atoms with Gasteiger partial charge in [-0.1, -0.05) is 0 Å². The molecule has 88 valence electrons. The molecule has 2 N–H and O–H groups in total. The minimum Gasteiger partial charge on any atom is -0.271 e. The predicted molar refractivity (Wildman–Crippen MR) is 56.5 cm³/mol. The molecular weight excluding hydrogens is 214 g/mol. The molecule has 0 aromatic heterocycles. The fraction of sp³-hybridized carbons (Fsp3) is 0.364. The Labute approximate surface area is 92.8 Å². The highest BCUT2D eigenvalue weighted by Gasteiger charge is 2.26. The molecule has 1 rings (SSSR count). The molecule has 3 nitrogen and oxygen atoms in total. The molecule has 1 aromatic rings. The molecule has 1 aromatic carbocycles. The third kappa shape index (κ3) is 2.55. The number of carbonyl (C=O) groups excluding carboxylic acids is 1. The number of nitrogens with zero attached hydrogens (tertiary/aromatic N) is 1. The molecule has 0 fully saturated rings. The summed E-state index contributed by atoms with van der Waals surface area (Å²) in [5.74, 6) is 3.33. The van der Waals surface area contributed by atoms with Gasteiger partial charge < -0.3 is 0 Å². The SMILES string of the molecule is CC(C)(C)N(N)C(=O)c1cc(F)ccc1F. The van der Waals surface area contributed by atoms with E-state index in [0.29, 0.717) is 0 Å². The van der Waals surface area contributed by atoms with Crippen LogP contribution in [0.15, 0.2) is 18.2 Å². The Morgan fingerprint density at radius 2 is 1.88 bits per heavy atom. The lowest BCUT2D eigenvalue weighted by atomic mass is 10.1. The van der Waals surface area contributed by atoms with Crippen molar-refractivity contribution in [2.75, 3.05) is 0 Å². The van der Waals surface area contributed by atoms with Crippen molar-refractivity contribution in [2.45, 2.75) is 26.3 Å². The molecule has 0 spiro atoms. The molecule has 16 heavy (non-hydrogen) atoms. The zero-order valence-electron chi connectivity index (χ0n) is 9.42. The van der Waals surface area contributed by atoms with Gasteiger partial charge in [-0.15, -0.1) is 0 Å². The van der Waals surface area contributed by atoms with Crippen LogP contribution >= 0.6 is 0 Å². The quantitative estimate of drug-likeness (QED) is 0.454. The van der Waals surface area contributed by atoms with Crippen molar-refractivity contribution in [1.29, 1.82) is 0 Å². The first-order valence-corrected chi connectivity index (χ1v) is 4.78. The average Bonchev–Trinajstić information content (AvgIpc) is 2.18. The van der Waals surface area contributed by atoms with Crippen LogP contribution in [0.3, 0.4) is 0 Å². The van der Waals surface area contributed by atoms with Gasteiger partial charge in [0, 0.05) is 0 Å². The monoisotopic (exact) mass is 228 g/mol. The van der Waals surface area contributed by atoms with E-state index in [9.17, 15) is 13.6 Å². The summed E-state index contributed by atoms with van der Waals surface area (Å²) in [4.78, 5) is 11.8. The minimum atomic E-state index is -0.786. The van der Waals surface area contributed by atoms with Crippen LogP contribution in [0.4, 0.5) is 8.78 Å². The van der Waals surface area contributed by atoms with Crippen molar-refractivity contribution in [3.8, 4) is 0 Å². The van der Waals surface area contributed by atoms with Crippen molar-refractivity contribution in [3.05, 3.63) is 35.4 Å². The fourth-order valence-corrected chi connectivity index (χ4v) is 1.10. The molecule has 0 aliphatic rings. The molecule has 0 heterocycles. The van der Waals surface area contributed by atoms with E-state index in [-0.39, 0.29) is 5.56 Å². The van der Waals surface area contributed by atoms with Crippen molar-refractivity contribution in [1.82, 2.24) is 5.01 Å². The van der Waals surface area contributed by atoms with E-state index >= 15 is 0 Å². The molecular formula is C11H14F2N2O. The van der Waals surface area contributed by atoms with E-state index in [1.54, 1.807) is 20.8 Å². The molecule has 0 saturated carbocycles. The lowest BCUT2D eigenvalue weighted by Crippen LogP contribution is -2.50. The van der Waals surface area contributed by atoms with Gasteiger partial charge in [0.15, 0.2) is 0 Å². The minimum absolute atomic E-state index is 0.363. The fourth-order valence-electron chi connectivity index (χ4n) is 1.10.